The van der Waals surface area contributed by atoms with Crippen molar-refractivity contribution in [2.24, 2.45) is 5.92 Å². The highest BCUT2D eigenvalue weighted by Crippen LogP contribution is 2.42. The van der Waals surface area contributed by atoms with Crippen LogP contribution in [0, 0.1) is 11.7 Å². The third kappa shape index (κ3) is 3.27. The van der Waals surface area contributed by atoms with E-state index in [2.05, 4.69) is 15.3 Å². The lowest BCUT2D eigenvalue weighted by Gasteiger charge is -2.50. The zero-order valence-corrected chi connectivity index (χ0v) is 14.3. The summed E-state index contributed by atoms with van der Waals surface area (Å²) in [4.78, 5) is 24.0. The molecule has 3 saturated heterocycles. The monoisotopic (exact) mass is 349 g/mol. The minimum atomic E-state index is -0.428. The zero-order chi connectivity index (χ0) is 17.3. The molecule has 0 bridgehead atoms. The van der Waals surface area contributed by atoms with Crippen molar-refractivity contribution >= 4 is 12.0 Å². The lowest BCUT2D eigenvalue weighted by molar-refractivity contribution is -0.0459. The van der Waals surface area contributed by atoms with Crippen molar-refractivity contribution in [2.45, 2.75) is 31.3 Å². The molecule has 3 aliphatic rings. The van der Waals surface area contributed by atoms with Gasteiger partial charge >= 0.3 is 6.03 Å². The Balaban J connectivity index is 1.27. The number of urea groups is 1. The van der Waals surface area contributed by atoms with Crippen molar-refractivity contribution in [1.82, 2.24) is 20.2 Å². The first kappa shape index (κ1) is 16.5. The highest BCUT2D eigenvalue weighted by molar-refractivity contribution is 5.74. The largest absolute Gasteiger partial charge is 0.371 e. The first-order valence-electron chi connectivity index (χ1n) is 9.05. The number of nitrogens with zero attached hydrogens (tertiary/aromatic N) is 4. The normalized spacial score (nSPS) is 24.6. The van der Waals surface area contributed by atoms with Crippen molar-refractivity contribution in [3.05, 3.63) is 18.2 Å². The van der Waals surface area contributed by atoms with Crippen LogP contribution < -0.4 is 10.2 Å². The summed E-state index contributed by atoms with van der Waals surface area (Å²) >= 11 is 0. The molecule has 1 spiro atoms. The van der Waals surface area contributed by atoms with Crippen LogP contribution in [0.1, 0.15) is 25.7 Å². The van der Waals surface area contributed by atoms with Gasteiger partial charge in [0.25, 0.3) is 0 Å². The third-order valence-electron chi connectivity index (χ3n) is 5.57. The topological polar surface area (TPSA) is 70.6 Å². The number of nitrogens with one attached hydrogen (secondary N) is 1. The molecule has 4 rings (SSSR count). The second kappa shape index (κ2) is 6.74. The number of likely N-dealkylation sites (tertiary alicyclic amines) is 1. The minimum absolute atomic E-state index is 0.0559. The van der Waals surface area contributed by atoms with Gasteiger partial charge in [0, 0.05) is 26.2 Å². The lowest BCUT2D eigenvalue weighted by atomic mass is 9.79. The van der Waals surface area contributed by atoms with Crippen molar-refractivity contribution in [3.63, 3.8) is 0 Å². The number of halogens is 1. The van der Waals surface area contributed by atoms with Gasteiger partial charge in [0.1, 0.15) is 5.60 Å². The molecule has 136 valence electrons. The van der Waals surface area contributed by atoms with Crippen LogP contribution in [0.4, 0.5) is 15.1 Å². The number of hydrogen-bond acceptors (Lipinski definition) is 5. The van der Waals surface area contributed by atoms with Crippen molar-refractivity contribution < 1.29 is 13.9 Å². The first-order valence-corrected chi connectivity index (χ1v) is 9.05. The Morgan fingerprint density at radius 3 is 2.76 bits per heavy atom. The minimum Gasteiger partial charge on any atom is -0.371 e. The fourth-order valence-corrected chi connectivity index (χ4v) is 4.14. The summed E-state index contributed by atoms with van der Waals surface area (Å²) in [6.45, 7) is 4.62. The second-order valence-corrected chi connectivity index (χ2v) is 7.17. The van der Waals surface area contributed by atoms with E-state index in [1.807, 2.05) is 9.80 Å². The third-order valence-corrected chi connectivity index (χ3v) is 5.57. The number of rotatable bonds is 4. The van der Waals surface area contributed by atoms with Gasteiger partial charge < -0.3 is 19.9 Å². The molecule has 7 nitrogen and oxygen atoms in total. The van der Waals surface area contributed by atoms with E-state index < -0.39 is 5.82 Å². The highest BCUT2D eigenvalue weighted by Gasteiger charge is 2.53. The van der Waals surface area contributed by atoms with E-state index in [0.29, 0.717) is 18.4 Å². The maximum Gasteiger partial charge on any atom is 0.317 e. The molecule has 1 aromatic rings. The van der Waals surface area contributed by atoms with Gasteiger partial charge in [-0.15, -0.1) is 0 Å². The molecule has 0 aromatic carbocycles. The smallest absolute Gasteiger partial charge is 0.317 e. The van der Waals surface area contributed by atoms with Crippen LogP contribution in [0.2, 0.25) is 0 Å². The van der Waals surface area contributed by atoms with Gasteiger partial charge in [-0.2, -0.15) is 0 Å². The molecular weight excluding hydrogens is 325 g/mol. The van der Waals surface area contributed by atoms with Gasteiger partial charge in [-0.05, 0) is 31.6 Å². The molecule has 25 heavy (non-hydrogen) atoms. The van der Waals surface area contributed by atoms with Gasteiger partial charge in [0.2, 0.25) is 5.95 Å². The van der Waals surface area contributed by atoms with Gasteiger partial charge in [-0.1, -0.05) is 0 Å². The van der Waals surface area contributed by atoms with Crippen molar-refractivity contribution in [1.29, 1.82) is 0 Å². The van der Waals surface area contributed by atoms with E-state index in [9.17, 15) is 9.18 Å². The number of aromatic nitrogens is 2. The molecule has 0 radical (unpaired) electrons. The van der Waals surface area contributed by atoms with Crippen LogP contribution >= 0.6 is 0 Å². The van der Waals surface area contributed by atoms with Crippen LogP contribution in [0.15, 0.2) is 12.4 Å². The SMILES string of the molecule is O=C(NCC[C@H]1CCOC12CN(c1ncc(F)cn1)C2)N1CCCC1. The van der Waals surface area contributed by atoms with Crippen LogP contribution in [0.3, 0.4) is 0 Å². The maximum absolute atomic E-state index is 12.9. The molecule has 0 unspecified atom stereocenters. The van der Waals surface area contributed by atoms with Crippen molar-refractivity contribution in [2.75, 3.05) is 44.2 Å². The Morgan fingerprint density at radius 2 is 2.04 bits per heavy atom. The van der Waals surface area contributed by atoms with Crippen LogP contribution in [0.25, 0.3) is 0 Å². The molecule has 4 heterocycles. The Kier molecular flexibility index (Phi) is 4.45. The Labute approximate surface area is 146 Å². The average Bonchev–Trinajstić information content (AvgIpc) is 3.24. The fourth-order valence-electron chi connectivity index (χ4n) is 4.14. The van der Waals surface area contributed by atoms with Crippen LogP contribution in [-0.2, 0) is 4.74 Å². The number of anilines is 1. The average molecular weight is 349 g/mol. The van der Waals surface area contributed by atoms with Gasteiger partial charge in [-0.25, -0.2) is 19.2 Å². The van der Waals surface area contributed by atoms with E-state index >= 15 is 0 Å². The van der Waals surface area contributed by atoms with Crippen LogP contribution in [0.5, 0.6) is 0 Å². The summed E-state index contributed by atoms with van der Waals surface area (Å²) in [6.07, 6.45) is 6.51. The summed E-state index contributed by atoms with van der Waals surface area (Å²) in [7, 11) is 0. The standard InChI is InChI=1S/C17H24FN5O2/c18-14-9-20-15(21-10-14)23-11-17(12-23)13(4-8-25-17)3-5-19-16(24)22-6-1-2-7-22/h9-10,13H,1-8,11-12H2,(H,19,24)/t13-/m0/s1. The van der Waals surface area contributed by atoms with Crippen molar-refractivity contribution in [3.8, 4) is 0 Å². The van der Waals surface area contributed by atoms with E-state index in [-0.39, 0.29) is 11.6 Å². The molecule has 3 fully saturated rings. The molecule has 1 N–H and O–H groups in total. The molecule has 1 aromatic heterocycles. The molecular formula is C17H24FN5O2. The van der Waals surface area contributed by atoms with E-state index in [4.69, 9.17) is 4.74 Å². The Morgan fingerprint density at radius 1 is 1.32 bits per heavy atom. The molecule has 0 aliphatic carbocycles. The number of ether oxygens (including phenoxy) is 1. The number of carbonyl (C=O) groups is 1. The molecule has 3 aliphatic heterocycles. The molecule has 1 atom stereocenters. The predicted molar refractivity (Wildman–Crippen MR) is 89.8 cm³/mol. The molecule has 2 amide bonds. The summed E-state index contributed by atoms with van der Waals surface area (Å²) in [5.74, 6) is 0.536. The molecule has 0 saturated carbocycles. The Hall–Kier alpha value is -1.96. The van der Waals surface area contributed by atoms with E-state index in [1.165, 1.54) is 12.4 Å². The van der Waals surface area contributed by atoms with Crippen LogP contribution in [-0.4, -0.2) is 65.8 Å². The van der Waals surface area contributed by atoms with E-state index in [1.54, 1.807) is 0 Å². The number of hydrogen-bond donors (Lipinski definition) is 1. The fraction of sp³-hybridized carbons (Fsp3) is 0.706. The predicted octanol–water partition coefficient (Wildman–Crippen LogP) is 1.41. The maximum atomic E-state index is 12.9. The number of carbonyl (C=O) groups excluding carboxylic acids is 1. The first-order chi connectivity index (χ1) is 12.2. The highest BCUT2D eigenvalue weighted by atomic mass is 19.1. The Bertz CT molecular complexity index is 614. The summed E-state index contributed by atoms with van der Waals surface area (Å²) in [6, 6.07) is 0.0559. The lowest BCUT2D eigenvalue weighted by Crippen LogP contribution is -2.65. The van der Waals surface area contributed by atoms with Gasteiger partial charge in [0.05, 0.1) is 25.5 Å². The summed E-state index contributed by atoms with van der Waals surface area (Å²) < 4.78 is 19.0. The van der Waals surface area contributed by atoms with Gasteiger partial charge in [0.15, 0.2) is 5.82 Å². The number of amides is 2. The molecule has 8 heteroatoms. The zero-order valence-electron chi connectivity index (χ0n) is 14.3. The quantitative estimate of drug-likeness (QED) is 0.890. The second-order valence-electron chi connectivity index (χ2n) is 7.17. The van der Waals surface area contributed by atoms with E-state index in [0.717, 1.165) is 58.5 Å². The summed E-state index contributed by atoms with van der Waals surface area (Å²) in [5.41, 5.74) is -0.171. The summed E-state index contributed by atoms with van der Waals surface area (Å²) in [5, 5.41) is 3.04. The van der Waals surface area contributed by atoms with Gasteiger partial charge in [-0.3, -0.25) is 0 Å².